The molecule has 0 aliphatic carbocycles. The Morgan fingerprint density at radius 1 is 1.03 bits per heavy atom. The number of hydrogen-bond donors (Lipinski definition) is 1. The van der Waals surface area contributed by atoms with E-state index in [2.05, 4.69) is 49.9 Å². The number of amides is 4. The summed E-state index contributed by atoms with van der Waals surface area (Å²) in [4.78, 5) is 39.6. The second kappa shape index (κ2) is 11.5. The van der Waals surface area contributed by atoms with Gasteiger partial charge in [-0.1, -0.05) is 45.8 Å². The van der Waals surface area contributed by atoms with Gasteiger partial charge >= 0.3 is 6.03 Å². The molecular weight excluding hydrogens is 651 g/mol. The minimum absolute atomic E-state index is 0.159. The first kappa shape index (κ1) is 26.9. The molecule has 0 aromatic heterocycles. The summed E-state index contributed by atoms with van der Waals surface area (Å²) in [7, 11) is 0. The molecule has 0 radical (unpaired) electrons. The van der Waals surface area contributed by atoms with Crippen LogP contribution in [0.1, 0.15) is 29.2 Å². The van der Waals surface area contributed by atoms with Crippen molar-refractivity contribution >= 4 is 68.1 Å². The number of hydrogen-bond acceptors (Lipinski definition) is 5. The van der Waals surface area contributed by atoms with E-state index in [9.17, 15) is 14.4 Å². The van der Waals surface area contributed by atoms with Gasteiger partial charge < -0.3 is 9.47 Å². The first-order valence-corrected chi connectivity index (χ1v) is 13.4. The average molecular weight is 675 g/mol. The third-order valence-corrected chi connectivity index (χ3v) is 6.90. The highest BCUT2D eigenvalue weighted by Gasteiger charge is 2.37. The van der Waals surface area contributed by atoms with Crippen LogP contribution >= 0.6 is 38.5 Å². The number of aryl methyl sites for hydroxylation is 2. The molecule has 1 N–H and O–H groups in total. The molecule has 1 saturated heterocycles. The van der Waals surface area contributed by atoms with Crippen LogP contribution in [0.25, 0.3) is 6.08 Å². The maximum Gasteiger partial charge on any atom is 0.335 e. The number of nitrogens with zero attached hydrogens (tertiary/aromatic N) is 1. The van der Waals surface area contributed by atoms with Crippen LogP contribution in [0.2, 0.25) is 0 Å². The topological polar surface area (TPSA) is 84.9 Å². The number of urea groups is 1. The minimum Gasteiger partial charge on any atom is -0.490 e. The summed E-state index contributed by atoms with van der Waals surface area (Å²) in [6, 6.07) is 16.0. The highest BCUT2D eigenvalue weighted by molar-refractivity contribution is 14.1. The first-order chi connectivity index (χ1) is 17.7. The fourth-order valence-corrected chi connectivity index (χ4v) is 5.20. The van der Waals surface area contributed by atoms with Gasteiger partial charge in [0.2, 0.25) is 0 Å². The molecule has 4 rings (SSSR count). The zero-order chi connectivity index (χ0) is 26.7. The third-order valence-electron chi connectivity index (χ3n) is 5.61. The van der Waals surface area contributed by atoms with Crippen LogP contribution in [0.5, 0.6) is 11.5 Å². The predicted octanol–water partition coefficient (Wildman–Crippen LogP) is 6.31. The third kappa shape index (κ3) is 6.04. The Kier molecular flexibility index (Phi) is 8.33. The molecule has 1 fully saturated rings. The predicted molar refractivity (Wildman–Crippen MR) is 154 cm³/mol. The van der Waals surface area contributed by atoms with Crippen LogP contribution in [0.3, 0.4) is 0 Å². The van der Waals surface area contributed by atoms with Crippen molar-refractivity contribution in [3.8, 4) is 11.5 Å². The number of ether oxygens (including phenoxy) is 2. The molecule has 1 aliphatic rings. The van der Waals surface area contributed by atoms with E-state index in [0.29, 0.717) is 41.5 Å². The molecule has 3 aromatic carbocycles. The number of carbonyl (C=O) groups is 3. The lowest BCUT2D eigenvalue weighted by Crippen LogP contribution is -2.54. The van der Waals surface area contributed by atoms with Gasteiger partial charge in [0.15, 0.2) is 11.5 Å². The Hall–Kier alpha value is -3.18. The van der Waals surface area contributed by atoms with Gasteiger partial charge in [-0.25, -0.2) is 9.69 Å². The van der Waals surface area contributed by atoms with Crippen molar-refractivity contribution in [1.82, 2.24) is 5.32 Å². The van der Waals surface area contributed by atoms with Gasteiger partial charge in [-0.2, -0.15) is 0 Å². The van der Waals surface area contributed by atoms with Gasteiger partial charge in [0, 0.05) is 4.47 Å². The van der Waals surface area contributed by atoms with Crippen molar-refractivity contribution in [3.05, 3.63) is 90.5 Å². The maximum atomic E-state index is 13.3. The lowest BCUT2D eigenvalue weighted by atomic mass is 10.1. The molecule has 0 atom stereocenters. The number of rotatable bonds is 7. The Morgan fingerprint density at radius 2 is 1.81 bits per heavy atom. The Morgan fingerprint density at radius 3 is 2.51 bits per heavy atom. The fraction of sp³-hybridized carbons (Fsp3) is 0.179. The van der Waals surface area contributed by atoms with Crippen molar-refractivity contribution in [2.24, 2.45) is 0 Å². The van der Waals surface area contributed by atoms with Crippen LogP contribution in [-0.4, -0.2) is 24.5 Å². The van der Waals surface area contributed by atoms with E-state index in [1.165, 1.54) is 6.08 Å². The quantitative estimate of drug-likeness (QED) is 0.180. The zero-order valence-corrected chi connectivity index (χ0v) is 24.2. The van der Waals surface area contributed by atoms with Crippen molar-refractivity contribution in [2.75, 3.05) is 11.5 Å². The number of halogens is 2. The summed E-state index contributed by atoms with van der Waals surface area (Å²) in [6.07, 6.45) is 1.46. The lowest BCUT2D eigenvalue weighted by molar-refractivity contribution is -0.122. The molecule has 0 unspecified atom stereocenters. The monoisotopic (exact) mass is 674 g/mol. The standard InChI is InChI=1S/C28H24BrIN2O5/c1-4-36-24-14-19(13-22(30)25(24)37-15-18-7-5-6-16(2)10-18)12-21-26(33)31-28(35)32(27(21)34)23-9-8-20(29)11-17(23)3/h5-14H,4,15H2,1-3H3,(H,31,33,35)/b21-12-. The highest BCUT2D eigenvalue weighted by atomic mass is 127. The molecule has 0 saturated carbocycles. The van der Waals surface area contributed by atoms with Crippen molar-refractivity contribution in [2.45, 2.75) is 27.4 Å². The van der Waals surface area contributed by atoms with E-state index in [0.717, 1.165) is 24.1 Å². The van der Waals surface area contributed by atoms with Gasteiger partial charge in [-0.3, -0.25) is 14.9 Å². The van der Waals surface area contributed by atoms with E-state index < -0.39 is 17.8 Å². The normalized spacial score (nSPS) is 14.7. The molecular formula is C28H24BrIN2O5. The smallest absolute Gasteiger partial charge is 0.335 e. The number of imide groups is 2. The molecule has 3 aromatic rings. The number of barbiturate groups is 1. The Labute approximate surface area is 237 Å². The fourth-order valence-electron chi connectivity index (χ4n) is 3.94. The molecule has 1 aliphatic heterocycles. The number of anilines is 1. The summed E-state index contributed by atoms with van der Waals surface area (Å²) in [5.41, 5.74) is 3.68. The summed E-state index contributed by atoms with van der Waals surface area (Å²) in [5, 5.41) is 2.27. The van der Waals surface area contributed by atoms with Crippen LogP contribution in [-0.2, 0) is 16.2 Å². The largest absolute Gasteiger partial charge is 0.490 e. The zero-order valence-electron chi connectivity index (χ0n) is 20.4. The maximum absolute atomic E-state index is 13.3. The number of carbonyl (C=O) groups excluding carboxylic acids is 3. The SMILES string of the molecule is CCOc1cc(/C=C2/C(=O)NC(=O)N(c3ccc(Br)cc3C)C2=O)cc(I)c1OCc1cccc(C)c1. The molecule has 37 heavy (non-hydrogen) atoms. The van der Waals surface area contributed by atoms with Gasteiger partial charge in [-0.15, -0.1) is 0 Å². The summed E-state index contributed by atoms with van der Waals surface area (Å²) >= 11 is 5.52. The second-order valence-electron chi connectivity index (χ2n) is 8.43. The van der Waals surface area contributed by atoms with Crippen molar-refractivity contribution < 1.29 is 23.9 Å². The molecule has 0 bridgehead atoms. The van der Waals surface area contributed by atoms with E-state index >= 15 is 0 Å². The van der Waals surface area contributed by atoms with Crippen LogP contribution in [0.4, 0.5) is 10.5 Å². The van der Waals surface area contributed by atoms with E-state index in [1.807, 2.05) is 32.0 Å². The number of nitrogens with one attached hydrogen (secondary N) is 1. The minimum atomic E-state index is -0.790. The van der Waals surface area contributed by atoms with Crippen LogP contribution in [0.15, 0.2) is 64.6 Å². The summed E-state index contributed by atoms with van der Waals surface area (Å²) in [5.74, 6) is -0.386. The molecule has 1 heterocycles. The molecule has 7 nitrogen and oxygen atoms in total. The summed E-state index contributed by atoms with van der Waals surface area (Å²) < 4.78 is 13.5. The van der Waals surface area contributed by atoms with E-state index in [1.54, 1.807) is 37.3 Å². The highest BCUT2D eigenvalue weighted by Crippen LogP contribution is 2.36. The first-order valence-electron chi connectivity index (χ1n) is 11.5. The average Bonchev–Trinajstić information content (AvgIpc) is 2.83. The van der Waals surface area contributed by atoms with E-state index in [4.69, 9.17) is 9.47 Å². The Bertz CT molecular complexity index is 1440. The van der Waals surface area contributed by atoms with Crippen LogP contribution in [0, 0.1) is 17.4 Å². The van der Waals surface area contributed by atoms with E-state index in [-0.39, 0.29) is 5.57 Å². The van der Waals surface area contributed by atoms with Gasteiger partial charge in [0.25, 0.3) is 11.8 Å². The lowest BCUT2D eigenvalue weighted by Gasteiger charge is -2.27. The number of benzene rings is 3. The van der Waals surface area contributed by atoms with Gasteiger partial charge in [0.05, 0.1) is 15.9 Å². The molecule has 4 amide bonds. The van der Waals surface area contributed by atoms with Crippen molar-refractivity contribution in [3.63, 3.8) is 0 Å². The molecule has 9 heteroatoms. The molecule has 190 valence electrons. The van der Waals surface area contributed by atoms with Crippen molar-refractivity contribution in [1.29, 1.82) is 0 Å². The summed E-state index contributed by atoms with van der Waals surface area (Å²) in [6.45, 7) is 6.44. The molecule has 0 spiro atoms. The van der Waals surface area contributed by atoms with Gasteiger partial charge in [-0.05, 0) is 96.5 Å². The second-order valence-corrected chi connectivity index (χ2v) is 10.5. The van der Waals surface area contributed by atoms with Crippen LogP contribution < -0.4 is 19.7 Å². The Balaban J connectivity index is 1.67. The van der Waals surface area contributed by atoms with Gasteiger partial charge in [0.1, 0.15) is 12.2 Å².